The summed E-state index contributed by atoms with van der Waals surface area (Å²) in [5.74, 6) is -5.45. The molecule has 2 amide bonds. The van der Waals surface area contributed by atoms with Gasteiger partial charge < -0.3 is 24.3 Å². The van der Waals surface area contributed by atoms with E-state index in [-0.39, 0.29) is 35.7 Å². The number of halogens is 4. The van der Waals surface area contributed by atoms with Gasteiger partial charge in [0.2, 0.25) is 0 Å². The molecule has 0 bridgehead atoms. The van der Waals surface area contributed by atoms with E-state index in [1.54, 1.807) is 51.1 Å². The number of ether oxygens (including phenoxy) is 4. The minimum absolute atomic E-state index is 0.00576. The molecule has 0 aliphatic carbocycles. The highest BCUT2D eigenvalue weighted by atomic mass is 19.4. The number of hydrogen-bond acceptors (Lipinski definition) is 8. The van der Waals surface area contributed by atoms with E-state index in [0.717, 1.165) is 0 Å². The second kappa shape index (κ2) is 14.7. The van der Waals surface area contributed by atoms with Crippen molar-refractivity contribution in [1.29, 1.82) is 0 Å². The van der Waals surface area contributed by atoms with E-state index in [4.69, 9.17) is 18.9 Å². The molecule has 1 atom stereocenters. The highest BCUT2D eigenvalue weighted by Gasteiger charge is 2.47. The summed E-state index contributed by atoms with van der Waals surface area (Å²) >= 11 is 0. The lowest BCUT2D eigenvalue weighted by Gasteiger charge is -2.30. The zero-order valence-electron chi connectivity index (χ0n) is 27.0. The molecular weight excluding hydrogens is 614 g/mol. The molecule has 254 valence electrons. The fourth-order valence-electron chi connectivity index (χ4n) is 4.75. The lowest BCUT2D eigenvalue weighted by Crippen LogP contribution is -2.46. The smallest absolute Gasteiger partial charge is 0.471 e. The number of fused-ring (bicyclic) bond motifs is 1. The van der Waals surface area contributed by atoms with Crippen LogP contribution in [-0.2, 0) is 36.8 Å². The number of methoxy groups -OCH3 is 1. The van der Waals surface area contributed by atoms with Gasteiger partial charge >= 0.3 is 24.1 Å². The standard InChI is InChI=1S/C32H41F4N3O7/c1-30(2,3)45-25(40)18-38(28(41)32(34,35)36)27-24(44-19-20-11-9-8-10-12-20)16-23-22(26(27)33)15-21(17-37-13-14-43-7)39(23)29(42)46-31(4,5)6/h8-12,16,21,37H,13-15,17-19H2,1-7H3/t21-/m1/s1. The van der Waals surface area contributed by atoms with Gasteiger partial charge in [-0.25, -0.2) is 9.18 Å². The lowest BCUT2D eigenvalue weighted by atomic mass is 10.1. The highest BCUT2D eigenvalue weighted by molar-refractivity contribution is 6.03. The summed E-state index contributed by atoms with van der Waals surface area (Å²) < 4.78 is 80.3. The van der Waals surface area contributed by atoms with Crippen LogP contribution in [0.2, 0.25) is 0 Å². The van der Waals surface area contributed by atoms with Crippen LogP contribution in [0.1, 0.15) is 52.7 Å². The lowest BCUT2D eigenvalue weighted by molar-refractivity contribution is -0.171. The van der Waals surface area contributed by atoms with Gasteiger partial charge in [-0.05, 0) is 53.5 Å². The van der Waals surface area contributed by atoms with Gasteiger partial charge in [0.25, 0.3) is 0 Å². The van der Waals surface area contributed by atoms with Crippen LogP contribution < -0.4 is 19.9 Å². The van der Waals surface area contributed by atoms with Crippen LogP contribution in [0.25, 0.3) is 0 Å². The Morgan fingerprint density at radius 2 is 1.63 bits per heavy atom. The summed E-state index contributed by atoms with van der Waals surface area (Å²) in [6.07, 6.45) is -6.45. The number of rotatable bonds is 11. The number of carbonyl (C=O) groups is 3. The molecule has 46 heavy (non-hydrogen) atoms. The molecule has 2 aromatic rings. The van der Waals surface area contributed by atoms with Crippen molar-refractivity contribution in [3.8, 4) is 5.75 Å². The van der Waals surface area contributed by atoms with Crippen LogP contribution in [0, 0.1) is 5.82 Å². The SMILES string of the molecule is COCCNC[C@H]1Cc2c(cc(OCc3ccccc3)c(N(CC(=O)OC(C)(C)C)C(=O)C(F)(F)F)c2F)N1C(=O)OC(C)(C)C. The van der Waals surface area contributed by atoms with Gasteiger partial charge in [0.1, 0.15) is 35.8 Å². The van der Waals surface area contributed by atoms with Gasteiger partial charge in [0.15, 0.2) is 5.82 Å². The van der Waals surface area contributed by atoms with E-state index < -0.39 is 65.2 Å². The van der Waals surface area contributed by atoms with Crippen LogP contribution in [0.5, 0.6) is 5.75 Å². The molecule has 0 saturated carbocycles. The topological polar surface area (TPSA) is 107 Å². The largest absolute Gasteiger partial charge is 0.487 e. The van der Waals surface area contributed by atoms with Crippen LogP contribution >= 0.6 is 0 Å². The van der Waals surface area contributed by atoms with E-state index in [2.05, 4.69) is 5.32 Å². The number of nitrogens with zero attached hydrogens (tertiary/aromatic N) is 2. The predicted molar refractivity (Wildman–Crippen MR) is 162 cm³/mol. The van der Waals surface area contributed by atoms with E-state index in [1.165, 1.54) is 38.8 Å². The Kier molecular flexibility index (Phi) is 11.7. The molecule has 14 heteroatoms. The van der Waals surface area contributed by atoms with E-state index in [1.807, 2.05) is 0 Å². The summed E-state index contributed by atoms with van der Waals surface area (Å²) in [4.78, 5) is 40.2. The zero-order chi connectivity index (χ0) is 34.4. The molecule has 0 spiro atoms. The molecule has 0 fully saturated rings. The third-order valence-corrected chi connectivity index (χ3v) is 6.50. The molecule has 1 aliphatic rings. The van der Waals surface area contributed by atoms with Crippen molar-refractivity contribution in [3.63, 3.8) is 0 Å². The molecule has 1 heterocycles. The molecule has 1 aliphatic heterocycles. The molecule has 0 radical (unpaired) electrons. The average Bonchev–Trinajstić information content (AvgIpc) is 3.30. The molecule has 0 unspecified atom stereocenters. The fourth-order valence-corrected chi connectivity index (χ4v) is 4.75. The Labute approximate surface area is 265 Å². The summed E-state index contributed by atoms with van der Waals surface area (Å²) in [5, 5.41) is 3.11. The van der Waals surface area contributed by atoms with Crippen molar-refractivity contribution in [2.45, 2.75) is 78.0 Å². The first-order valence-corrected chi connectivity index (χ1v) is 14.7. The highest BCUT2D eigenvalue weighted by Crippen LogP contribution is 2.45. The Morgan fingerprint density at radius 1 is 1.00 bits per heavy atom. The van der Waals surface area contributed by atoms with Crippen molar-refractivity contribution >= 4 is 29.3 Å². The maximum atomic E-state index is 16.7. The van der Waals surface area contributed by atoms with Crippen molar-refractivity contribution in [1.82, 2.24) is 5.32 Å². The third kappa shape index (κ3) is 9.79. The number of hydrogen-bond donors (Lipinski definition) is 1. The van der Waals surface area contributed by atoms with E-state index in [9.17, 15) is 27.6 Å². The van der Waals surface area contributed by atoms with Crippen LogP contribution in [0.15, 0.2) is 36.4 Å². The first kappa shape index (κ1) is 36.6. The maximum Gasteiger partial charge on any atom is 0.471 e. The molecule has 0 aromatic heterocycles. The van der Waals surface area contributed by atoms with Gasteiger partial charge in [-0.1, -0.05) is 30.3 Å². The first-order chi connectivity index (χ1) is 21.3. The summed E-state index contributed by atoms with van der Waals surface area (Å²) in [5.41, 5.74) is -2.52. The Balaban J connectivity index is 2.21. The number of amides is 2. The normalized spacial score (nSPS) is 14.9. The zero-order valence-corrected chi connectivity index (χ0v) is 27.0. The number of benzene rings is 2. The third-order valence-electron chi connectivity index (χ3n) is 6.50. The number of esters is 1. The Bertz CT molecular complexity index is 1390. The number of nitrogens with one attached hydrogen (secondary N) is 1. The summed E-state index contributed by atoms with van der Waals surface area (Å²) in [6, 6.07) is 8.97. The first-order valence-electron chi connectivity index (χ1n) is 14.7. The minimum Gasteiger partial charge on any atom is -0.487 e. The Morgan fingerprint density at radius 3 is 2.20 bits per heavy atom. The number of alkyl halides is 3. The van der Waals surface area contributed by atoms with E-state index in [0.29, 0.717) is 18.7 Å². The molecule has 10 nitrogen and oxygen atoms in total. The summed E-state index contributed by atoms with van der Waals surface area (Å²) in [7, 11) is 1.51. The molecule has 3 rings (SSSR count). The molecule has 1 N–H and O–H groups in total. The quantitative estimate of drug-likeness (QED) is 0.191. The summed E-state index contributed by atoms with van der Waals surface area (Å²) in [6.45, 7) is 8.86. The molecular formula is C32H41F4N3O7. The fraction of sp³-hybridized carbons (Fsp3) is 0.531. The average molecular weight is 656 g/mol. The van der Waals surface area contributed by atoms with Gasteiger partial charge in [-0.3, -0.25) is 19.4 Å². The van der Waals surface area contributed by atoms with Crippen molar-refractivity contribution in [2.24, 2.45) is 0 Å². The van der Waals surface area contributed by atoms with Gasteiger partial charge in [0, 0.05) is 31.8 Å². The monoisotopic (exact) mass is 655 g/mol. The van der Waals surface area contributed by atoms with Crippen molar-refractivity contribution < 1.29 is 50.9 Å². The van der Waals surface area contributed by atoms with Gasteiger partial charge in [0.05, 0.1) is 18.3 Å². The van der Waals surface area contributed by atoms with Gasteiger partial charge in [-0.15, -0.1) is 0 Å². The second-order valence-electron chi connectivity index (χ2n) is 12.7. The van der Waals surface area contributed by atoms with Crippen LogP contribution in [0.4, 0.5) is 33.7 Å². The van der Waals surface area contributed by atoms with Crippen LogP contribution in [0.3, 0.4) is 0 Å². The predicted octanol–water partition coefficient (Wildman–Crippen LogP) is 5.54. The molecule has 2 aromatic carbocycles. The number of anilines is 2. The second-order valence-corrected chi connectivity index (χ2v) is 12.7. The number of carbonyl (C=O) groups excluding carboxylic acids is 3. The minimum atomic E-state index is -5.49. The van der Waals surface area contributed by atoms with Gasteiger partial charge in [-0.2, -0.15) is 13.2 Å². The van der Waals surface area contributed by atoms with Crippen molar-refractivity contribution in [3.05, 3.63) is 53.3 Å². The van der Waals surface area contributed by atoms with Crippen LogP contribution in [-0.4, -0.2) is 74.7 Å². The van der Waals surface area contributed by atoms with Crippen molar-refractivity contribution in [2.75, 3.05) is 43.2 Å². The Hall–Kier alpha value is -3.91. The van der Waals surface area contributed by atoms with E-state index >= 15 is 4.39 Å². The maximum absolute atomic E-state index is 16.7. The molecule has 0 saturated heterocycles.